The van der Waals surface area contributed by atoms with Crippen molar-refractivity contribution in [3.63, 3.8) is 0 Å². The van der Waals surface area contributed by atoms with Gasteiger partial charge in [-0.05, 0) is 62.4 Å². The van der Waals surface area contributed by atoms with Crippen molar-refractivity contribution in [2.24, 2.45) is 0 Å². The molecule has 0 saturated carbocycles. The molecule has 0 atom stereocenters. The maximum atomic E-state index is 14.4. The highest BCUT2D eigenvalue weighted by Crippen LogP contribution is 2.27. The van der Waals surface area contributed by atoms with E-state index in [0.717, 1.165) is 43.4 Å². The number of nitrogens with zero attached hydrogens (tertiary/aromatic N) is 2. The Balaban J connectivity index is 1.63. The minimum atomic E-state index is -4.02. The molecule has 2 aliphatic rings. The molecule has 2 heterocycles. The number of aryl methyl sites for hydroxylation is 1. The average Bonchev–Trinajstić information content (AvgIpc) is 3.48. The summed E-state index contributed by atoms with van der Waals surface area (Å²) in [6, 6.07) is 8.47. The van der Waals surface area contributed by atoms with Crippen LogP contribution in [0.1, 0.15) is 52.0 Å². The smallest absolute Gasteiger partial charge is 0.256 e. The number of benzene rings is 2. The molecular weight excluding hydrogens is 433 g/mol. The molecule has 0 radical (unpaired) electrons. The van der Waals surface area contributed by atoms with Gasteiger partial charge in [0.1, 0.15) is 10.7 Å². The summed E-state index contributed by atoms with van der Waals surface area (Å²) in [7, 11) is -4.02. The summed E-state index contributed by atoms with van der Waals surface area (Å²) < 4.78 is 41.3. The van der Waals surface area contributed by atoms with Gasteiger partial charge in [-0.1, -0.05) is 12.1 Å². The van der Waals surface area contributed by atoms with Crippen molar-refractivity contribution in [2.45, 2.75) is 37.5 Å². The van der Waals surface area contributed by atoms with Gasteiger partial charge in [-0.25, -0.2) is 12.8 Å². The summed E-state index contributed by atoms with van der Waals surface area (Å²) in [6.07, 6.45) is 3.34. The van der Waals surface area contributed by atoms with Crippen LogP contribution in [0.3, 0.4) is 0 Å². The fourth-order valence-corrected chi connectivity index (χ4v) is 5.85. The van der Waals surface area contributed by atoms with E-state index in [1.165, 1.54) is 10.4 Å². The molecule has 9 heteroatoms. The van der Waals surface area contributed by atoms with Crippen LogP contribution < -0.4 is 5.32 Å². The standard InChI is InChI=1S/C23H26FN3O4S/c1-16-7-6-8-19(21(16)23(29)26-11-2-3-12-26)25-22(28)17-9-10-18(24)20(15-17)32(30,31)27-13-4-5-14-27/h6-10,15H,2-5,11-14H2,1H3,(H,25,28). The van der Waals surface area contributed by atoms with Gasteiger partial charge < -0.3 is 10.2 Å². The molecule has 0 spiro atoms. The largest absolute Gasteiger partial charge is 0.339 e. The van der Waals surface area contributed by atoms with Gasteiger partial charge in [0, 0.05) is 31.7 Å². The third-order valence-electron chi connectivity index (χ3n) is 6.00. The molecule has 2 aliphatic heterocycles. The van der Waals surface area contributed by atoms with Gasteiger partial charge in [-0.2, -0.15) is 4.31 Å². The first-order chi connectivity index (χ1) is 15.3. The summed E-state index contributed by atoms with van der Waals surface area (Å²) in [6.45, 7) is 3.83. The zero-order valence-corrected chi connectivity index (χ0v) is 18.8. The summed E-state index contributed by atoms with van der Waals surface area (Å²) in [5.74, 6) is -1.65. The Kier molecular flexibility index (Phi) is 6.30. The van der Waals surface area contributed by atoms with Crippen LogP contribution in [0.15, 0.2) is 41.3 Å². The second-order valence-electron chi connectivity index (χ2n) is 8.21. The van der Waals surface area contributed by atoms with Crippen LogP contribution >= 0.6 is 0 Å². The van der Waals surface area contributed by atoms with Crippen LogP contribution in [0.5, 0.6) is 0 Å². The van der Waals surface area contributed by atoms with E-state index in [1.807, 2.05) is 0 Å². The van der Waals surface area contributed by atoms with Gasteiger partial charge in [0.25, 0.3) is 11.8 Å². The molecular formula is C23H26FN3O4S. The number of amides is 2. The van der Waals surface area contributed by atoms with E-state index < -0.39 is 26.6 Å². The summed E-state index contributed by atoms with van der Waals surface area (Å²) in [5, 5.41) is 2.72. The molecule has 1 N–H and O–H groups in total. The highest BCUT2D eigenvalue weighted by molar-refractivity contribution is 7.89. The molecule has 2 fully saturated rings. The predicted octanol–water partition coefficient (Wildman–Crippen LogP) is 3.41. The van der Waals surface area contributed by atoms with Gasteiger partial charge in [0.05, 0.1) is 11.3 Å². The Bertz CT molecular complexity index is 1150. The van der Waals surface area contributed by atoms with Crippen LogP contribution in [0, 0.1) is 12.7 Å². The quantitative estimate of drug-likeness (QED) is 0.743. The molecule has 7 nitrogen and oxygen atoms in total. The monoisotopic (exact) mass is 459 g/mol. The average molecular weight is 460 g/mol. The molecule has 2 aromatic carbocycles. The van der Waals surface area contributed by atoms with E-state index in [2.05, 4.69) is 5.32 Å². The van der Waals surface area contributed by atoms with Crippen molar-refractivity contribution in [3.8, 4) is 0 Å². The molecule has 0 unspecified atom stereocenters. The second kappa shape index (κ2) is 8.99. The Morgan fingerprint density at radius 3 is 2.31 bits per heavy atom. The van der Waals surface area contributed by atoms with Crippen molar-refractivity contribution in [3.05, 3.63) is 58.9 Å². The Labute approximate surface area is 187 Å². The number of sulfonamides is 1. The van der Waals surface area contributed by atoms with Gasteiger partial charge in [-0.15, -0.1) is 0 Å². The Morgan fingerprint density at radius 1 is 0.969 bits per heavy atom. The van der Waals surface area contributed by atoms with Crippen LogP contribution in [0.25, 0.3) is 0 Å². The number of anilines is 1. The summed E-state index contributed by atoms with van der Waals surface area (Å²) >= 11 is 0. The molecule has 2 aromatic rings. The van der Waals surface area contributed by atoms with E-state index in [-0.39, 0.29) is 11.5 Å². The minimum Gasteiger partial charge on any atom is -0.339 e. The summed E-state index contributed by atoms with van der Waals surface area (Å²) in [4.78, 5) is 27.2. The lowest BCUT2D eigenvalue weighted by Gasteiger charge is -2.20. The zero-order valence-electron chi connectivity index (χ0n) is 17.9. The van der Waals surface area contributed by atoms with Crippen molar-refractivity contribution in [1.29, 1.82) is 0 Å². The first-order valence-corrected chi connectivity index (χ1v) is 12.2. The topological polar surface area (TPSA) is 86.8 Å². The number of nitrogens with one attached hydrogen (secondary N) is 1. The lowest BCUT2D eigenvalue weighted by atomic mass is 10.0. The first kappa shape index (κ1) is 22.4. The van der Waals surface area contributed by atoms with Crippen molar-refractivity contribution in [2.75, 3.05) is 31.5 Å². The highest BCUT2D eigenvalue weighted by atomic mass is 32.2. The number of hydrogen-bond donors (Lipinski definition) is 1. The SMILES string of the molecule is Cc1cccc(NC(=O)c2ccc(F)c(S(=O)(=O)N3CCCC3)c2)c1C(=O)N1CCCC1. The number of carbonyl (C=O) groups excluding carboxylic acids is 2. The number of rotatable bonds is 5. The molecule has 0 aromatic heterocycles. The van der Waals surface area contributed by atoms with Gasteiger partial charge in [0.15, 0.2) is 0 Å². The van der Waals surface area contributed by atoms with Gasteiger partial charge >= 0.3 is 0 Å². The van der Waals surface area contributed by atoms with Crippen molar-refractivity contribution >= 4 is 27.5 Å². The van der Waals surface area contributed by atoms with Crippen LogP contribution in [-0.2, 0) is 10.0 Å². The number of hydrogen-bond acceptors (Lipinski definition) is 4. The maximum Gasteiger partial charge on any atom is 0.256 e. The molecule has 0 aliphatic carbocycles. The molecule has 2 saturated heterocycles. The Morgan fingerprint density at radius 2 is 1.62 bits per heavy atom. The molecule has 0 bridgehead atoms. The van der Waals surface area contributed by atoms with Crippen molar-refractivity contribution < 1.29 is 22.4 Å². The number of carbonyl (C=O) groups is 2. The van der Waals surface area contributed by atoms with E-state index >= 15 is 0 Å². The van der Waals surface area contributed by atoms with Crippen LogP contribution in [0.2, 0.25) is 0 Å². The lowest BCUT2D eigenvalue weighted by Crippen LogP contribution is -2.30. The third kappa shape index (κ3) is 4.27. The Hall–Kier alpha value is -2.78. The first-order valence-electron chi connectivity index (χ1n) is 10.8. The van der Waals surface area contributed by atoms with E-state index in [0.29, 0.717) is 37.4 Å². The molecule has 170 valence electrons. The fraction of sp³-hybridized carbons (Fsp3) is 0.391. The normalized spacial score (nSPS) is 17.0. The van der Waals surface area contributed by atoms with Crippen molar-refractivity contribution in [1.82, 2.24) is 9.21 Å². The highest BCUT2D eigenvalue weighted by Gasteiger charge is 2.31. The van der Waals surface area contributed by atoms with Crippen LogP contribution in [-0.4, -0.2) is 55.6 Å². The van der Waals surface area contributed by atoms with Gasteiger partial charge in [-0.3, -0.25) is 9.59 Å². The second-order valence-corrected chi connectivity index (χ2v) is 10.1. The maximum absolute atomic E-state index is 14.4. The predicted molar refractivity (Wildman–Crippen MR) is 119 cm³/mol. The number of halogens is 1. The summed E-state index contributed by atoms with van der Waals surface area (Å²) in [5.41, 5.74) is 1.50. The third-order valence-corrected chi connectivity index (χ3v) is 7.92. The minimum absolute atomic E-state index is 0.00486. The zero-order chi connectivity index (χ0) is 22.9. The van der Waals surface area contributed by atoms with E-state index in [1.54, 1.807) is 30.0 Å². The molecule has 2 amide bonds. The number of likely N-dealkylation sites (tertiary alicyclic amines) is 1. The molecule has 32 heavy (non-hydrogen) atoms. The van der Waals surface area contributed by atoms with E-state index in [4.69, 9.17) is 0 Å². The van der Waals surface area contributed by atoms with E-state index in [9.17, 15) is 22.4 Å². The van der Waals surface area contributed by atoms with Gasteiger partial charge in [0.2, 0.25) is 10.0 Å². The molecule has 4 rings (SSSR count). The fourth-order valence-electron chi connectivity index (χ4n) is 4.24. The lowest BCUT2D eigenvalue weighted by molar-refractivity contribution is 0.0793. The van der Waals surface area contributed by atoms with Crippen LogP contribution in [0.4, 0.5) is 10.1 Å².